The Bertz CT molecular complexity index is 416. The molecule has 1 nitrogen and oxygen atoms in total. The molecule has 2 rings (SSSR count). The van der Waals surface area contributed by atoms with Gasteiger partial charge in [-0.2, -0.15) is 13.2 Å². The van der Waals surface area contributed by atoms with E-state index in [9.17, 15) is 13.2 Å². The first-order valence-corrected chi connectivity index (χ1v) is 5.20. The van der Waals surface area contributed by atoms with E-state index in [0.717, 1.165) is 7.11 Å². The summed E-state index contributed by atoms with van der Waals surface area (Å²) < 4.78 is 43.9. The van der Waals surface area contributed by atoms with Crippen LogP contribution >= 0.6 is 11.6 Å². The molecule has 1 aromatic rings. The lowest BCUT2D eigenvalue weighted by Gasteiger charge is -2.31. The predicted molar refractivity (Wildman–Crippen MR) is 54.5 cm³/mol. The van der Waals surface area contributed by atoms with Crippen molar-refractivity contribution < 1.29 is 17.9 Å². The van der Waals surface area contributed by atoms with Crippen molar-refractivity contribution in [3.05, 3.63) is 34.3 Å². The second kappa shape index (κ2) is 3.64. The van der Waals surface area contributed by atoms with Gasteiger partial charge in [-0.25, -0.2) is 0 Å². The summed E-state index contributed by atoms with van der Waals surface area (Å²) in [5.41, 5.74) is -1.49. The maximum absolute atomic E-state index is 13.1. The molecule has 1 aliphatic carbocycles. The lowest BCUT2D eigenvalue weighted by Crippen LogP contribution is -2.42. The Morgan fingerprint density at radius 3 is 2.62 bits per heavy atom. The lowest BCUT2D eigenvalue weighted by atomic mass is 9.95. The zero-order valence-electron chi connectivity index (χ0n) is 8.57. The molecule has 1 aromatic carbocycles. The average Bonchev–Trinajstić information content (AvgIpc) is 2.58. The van der Waals surface area contributed by atoms with E-state index in [1.54, 1.807) is 6.07 Å². The number of halogens is 4. The van der Waals surface area contributed by atoms with Crippen molar-refractivity contribution in [1.82, 2.24) is 0 Å². The Labute approximate surface area is 96.2 Å². The summed E-state index contributed by atoms with van der Waals surface area (Å²) in [4.78, 5) is 0. The number of methoxy groups -OCH3 is 1. The molecule has 0 bridgehead atoms. The molecule has 0 aromatic heterocycles. The number of rotatable bonds is 1. The van der Waals surface area contributed by atoms with Crippen LogP contribution in [0.15, 0.2) is 18.2 Å². The summed E-state index contributed by atoms with van der Waals surface area (Å²) in [6, 6.07) is 4.56. The summed E-state index contributed by atoms with van der Waals surface area (Å²) in [6.45, 7) is 0. The molecule has 1 atom stereocenters. The smallest absolute Gasteiger partial charge is 0.364 e. The zero-order valence-corrected chi connectivity index (χ0v) is 9.32. The summed E-state index contributed by atoms with van der Waals surface area (Å²) in [5.74, 6) is 0. The van der Waals surface area contributed by atoms with Gasteiger partial charge in [0.1, 0.15) is 0 Å². The van der Waals surface area contributed by atoms with Crippen LogP contribution in [0.1, 0.15) is 17.5 Å². The highest BCUT2D eigenvalue weighted by Gasteiger charge is 2.59. The van der Waals surface area contributed by atoms with Gasteiger partial charge < -0.3 is 4.74 Å². The largest absolute Gasteiger partial charge is 0.421 e. The molecule has 0 saturated heterocycles. The molecular formula is C11H10ClF3O. The van der Waals surface area contributed by atoms with Crippen LogP contribution < -0.4 is 0 Å². The second-order valence-electron chi connectivity index (χ2n) is 3.79. The van der Waals surface area contributed by atoms with E-state index in [0.29, 0.717) is 17.0 Å². The van der Waals surface area contributed by atoms with E-state index in [1.807, 2.05) is 0 Å². The molecule has 88 valence electrons. The Morgan fingerprint density at radius 2 is 2.06 bits per heavy atom. The normalized spacial score (nSPS) is 24.6. The standard InChI is InChI=1S/C11H10ClF3O/c1-16-10(11(13,14)15)6-5-7-8(10)3-2-4-9(7)12/h2-4H,5-6H2,1H3. The minimum Gasteiger partial charge on any atom is -0.364 e. The summed E-state index contributed by atoms with van der Waals surface area (Å²) in [5, 5.41) is 0.376. The number of fused-ring (bicyclic) bond motifs is 1. The van der Waals surface area contributed by atoms with Crippen LogP contribution in [-0.4, -0.2) is 13.3 Å². The Morgan fingerprint density at radius 1 is 1.38 bits per heavy atom. The predicted octanol–water partition coefficient (Wildman–Crippen LogP) is 3.69. The number of ether oxygens (including phenoxy) is 1. The van der Waals surface area contributed by atoms with E-state index in [2.05, 4.69) is 0 Å². The highest BCUT2D eigenvalue weighted by molar-refractivity contribution is 6.31. The van der Waals surface area contributed by atoms with Gasteiger partial charge >= 0.3 is 6.18 Å². The average molecular weight is 251 g/mol. The summed E-state index contributed by atoms with van der Waals surface area (Å²) >= 11 is 5.88. The Kier molecular flexibility index (Phi) is 2.67. The third kappa shape index (κ3) is 1.44. The fourth-order valence-electron chi connectivity index (χ4n) is 2.25. The van der Waals surface area contributed by atoms with Gasteiger partial charge in [-0.15, -0.1) is 0 Å². The third-order valence-corrected chi connectivity index (χ3v) is 3.44. The molecule has 1 aliphatic rings. The van der Waals surface area contributed by atoms with Gasteiger partial charge in [-0.1, -0.05) is 23.7 Å². The number of hydrogen-bond donors (Lipinski definition) is 0. The van der Waals surface area contributed by atoms with Gasteiger partial charge in [-0.3, -0.25) is 0 Å². The molecule has 0 amide bonds. The Hall–Kier alpha value is -0.740. The van der Waals surface area contributed by atoms with Gasteiger partial charge in [0.2, 0.25) is 0 Å². The van der Waals surface area contributed by atoms with Crippen molar-refractivity contribution in [3.63, 3.8) is 0 Å². The van der Waals surface area contributed by atoms with Gasteiger partial charge in [0.25, 0.3) is 0 Å². The quantitative estimate of drug-likeness (QED) is 0.739. The first kappa shape index (κ1) is 11.7. The van der Waals surface area contributed by atoms with E-state index in [4.69, 9.17) is 16.3 Å². The first-order chi connectivity index (χ1) is 7.42. The van der Waals surface area contributed by atoms with Gasteiger partial charge in [-0.05, 0) is 30.0 Å². The minimum absolute atomic E-state index is 0.105. The van der Waals surface area contributed by atoms with Crippen molar-refractivity contribution in [2.45, 2.75) is 24.6 Å². The highest BCUT2D eigenvalue weighted by atomic mass is 35.5. The second-order valence-corrected chi connectivity index (χ2v) is 4.20. The Balaban J connectivity index is 2.61. The van der Waals surface area contributed by atoms with Gasteiger partial charge in [0, 0.05) is 12.1 Å². The maximum atomic E-state index is 13.1. The molecular weight excluding hydrogens is 241 g/mol. The lowest BCUT2D eigenvalue weighted by molar-refractivity contribution is -0.275. The van der Waals surface area contributed by atoms with E-state index in [-0.39, 0.29) is 12.0 Å². The molecule has 5 heteroatoms. The molecule has 0 fully saturated rings. The monoisotopic (exact) mass is 250 g/mol. The topological polar surface area (TPSA) is 9.23 Å². The highest BCUT2D eigenvalue weighted by Crippen LogP contribution is 2.51. The van der Waals surface area contributed by atoms with E-state index in [1.165, 1.54) is 12.1 Å². The van der Waals surface area contributed by atoms with Crippen LogP contribution in [0.3, 0.4) is 0 Å². The first-order valence-electron chi connectivity index (χ1n) is 4.82. The molecule has 0 N–H and O–H groups in total. The van der Waals surface area contributed by atoms with Crippen LogP contribution in [0.4, 0.5) is 13.2 Å². The third-order valence-electron chi connectivity index (χ3n) is 3.09. The SMILES string of the molecule is COC1(C(F)(F)F)CCc2c(Cl)cccc21. The van der Waals surface area contributed by atoms with Crippen LogP contribution in [-0.2, 0) is 16.8 Å². The van der Waals surface area contributed by atoms with Crippen molar-refractivity contribution >= 4 is 11.6 Å². The fraction of sp³-hybridized carbons (Fsp3) is 0.455. The molecule has 0 saturated carbocycles. The van der Waals surface area contributed by atoms with Crippen molar-refractivity contribution in [1.29, 1.82) is 0 Å². The molecule has 16 heavy (non-hydrogen) atoms. The van der Waals surface area contributed by atoms with Crippen molar-refractivity contribution in [3.8, 4) is 0 Å². The van der Waals surface area contributed by atoms with Crippen LogP contribution in [0.25, 0.3) is 0 Å². The van der Waals surface area contributed by atoms with Crippen LogP contribution in [0.5, 0.6) is 0 Å². The number of hydrogen-bond acceptors (Lipinski definition) is 1. The van der Waals surface area contributed by atoms with E-state index < -0.39 is 11.8 Å². The molecule has 0 spiro atoms. The summed E-state index contributed by atoms with van der Waals surface area (Å²) in [6.07, 6.45) is -4.23. The van der Waals surface area contributed by atoms with Crippen molar-refractivity contribution in [2.24, 2.45) is 0 Å². The molecule has 1 unspecified atom stereocenters. The minimum atomic E-state index is -4.42. The van der Waals surface area contributed by atoms with Gasteiger partial charge in [0.15, 0.2) is 5.60 Å². The maximum Gasteiger partial charge on any atom is 0.421 e. The molecule has 0 heterocycles. The van der Waals surface area contributed by atoms with E-state index >= 15 is 0 Å². The molecule has 0 radical (unpaired) electrons. The number of benzene rings is 1. The van der Waals surface area contributed by atoms with Crippen LogP contribution in [0.2, 0.25) is 5.02 Å². The fourth-order valence-corrected chi connectivity index (χ4v) is 2.52. The number of alkyl halides is 3. The van der Waals surface area contributed by atoms with Crippen molar-refractivity contribution in [2.75, 3.05) is 7.11 Å². The molecule has 0 aliphatic heterocycles. The zero-order chi connectivity index (χ0) is 12.0. The summed E-state index contributed by atoms with van der Waals surface area (Å²) in [7, 11) is 1.09. The van der Waals surface area contributed by atoms with Gasteiger partial charge in [0.05, 0.1) is 0 Å². The van der Waals surface area contributed by atoms with Crippen LogP contribution in [0, 0.1) is 0 Å².